The summed E-state index contributed by atoms with van der Waals surface area (Å²) in [6.45, 7) is 6.54. The minimum atomic E-state index is -1.55. The van der Waals surface area contributed by atoms with Crippen LogP contribution in [0.25, 0.3) is 0 Å². The van der Waals surface area contributed by atoms with Gasteiger partial charge in [0, 0.05) is 11.3 Å². The van der Waals surface area contributed by atoms with Crippen LogP contribution in [0.2, 0.25) is 0 Å². The fourth-order valence-corrected chi connectivity index (χ4v) is 8.36. The molecule has 0 aromatic carbocycles. The lowest BCUT2D eigenvalue weighted by atomic mass is 9.45. The second-order valence-electron chi connectivity index (χ2n) is 13.0. The number of carbonyl (C=O) groups excluding carboxylic acids is 1. The van der Waals surface area contributed by atoms with Crippen LogP contribution in [-0.2, 0) is 4.79 Å². The maximum absolute atomic E-state index is 13.3. The van der Waals surface area contributed by atoms with Crippen molar-refractivity contribution < 1.29 is 40.5 Å². The molecule has 3 fully saturated rings. The highest BCUT2D eigenvalue weighted by atomic mass is 16.3. The Morgan fingerprint density at radius 2 is 1.74 bits per heavy atom. The lowest BCUT2D eigenvalue weighted by Crippen LogP contribution is -2.62. The number of hydrogen-bond donors (Lipinski definition) is 7. The van der Waals surface area contributed by atoms with E-state index < -0.39 is 64.4 Å². The fraction of sp³-hybridized carbons (Fsp3) is 0.889. The molecule has 35 heavy (non-hydrogen) atoms. The van der Waals surface area contributed by atoms with Crippen molar-refractivity contribution >= 4 is 5.78 Å². The van der Waals surface area contributed by atoms with E-state index in [4.69, 9.17) is 0 Å². The number of carbonyl (C=O) groups is 1. The minimum Gasteiger partial charge on any atom is -0.393 e. The van der Waals surface area contributed by atoms with Gasteiger partial charge in [0.05, 0.1) is 41.7 Å². The van der Waals surface area contributed by atoms with Gasteiger partial charge in [-0.3, -0.25) is 4.79 Å². The van der Waals surface area contributed by atoms with E-state index >= 15 is 0 Å². The standard InChI is InChI=1S/C27H44O8/c1-23(33,14-28)8-7-22(32)26(4,34)21-6-10-27(35)16-11-18(29)17-12-19(30)20(31)13-24(17,2)15(16)5-9-25(21,27)3/h11,15,17,19-22,28,30-35H,5-10,12-14H2,1-4H3/t15?,17-,19+,20-,21?,22+,23?,24+,25+,26-,27+/m0/s1. The van der Waals surface area contributed by atoms with E-state index in [0.29, 0.717) is 37.7 Å². The molecule has 3 unspecified atom stereocenters. The van der Waals surface area contributed by atoms with E-state index in [2.05, 4.69) is 0 Å². The molecule has 0 bridgehead atoms. The average Bonchev–Trinajstić information content (AvgIpc) is 3.06. The molecule has 0 heterocycles. The lowest BCUT2D eigenvalue weighted by Gasteiger charge is -2.60. The number of rotatable bonds is 6. The van der Waals surface area contributed by atoms with Crippen molar-refractivity contribution in [3.05, 3.63) is 11.6 Å². The molecule has 0 aromatic heterocycles. The van der Waals surface area contributed by atoms with Gasteiger partial charge in [0.25, 0.3) is 0 Å². The van der Waals surface area contributed by atoms with Crippen molar-refractivity contribution in [3.63, 3.8) is 0 Å². The Morgan fingerprint density at radius 3 is 2.37 bits per heavy atom. The van der Waals surface area contributed by atoms with Crippen LogP contribution in [0.5, 0.6) is 0 Å². The van der Waals surface area contributed by atoms with Gasteiger partial charge < -0.3 is 35.7 Å². The molecule has 0 spiro atoms. The van der Waals surface area contributed by atoms with Crippen molar-refractivity contribution in [2.75, 3.05) is 6.61 Å². The molecule has 7 N–H and O–H groups in total. The smallest absolute Gasteiger partial charge is 0.159 e. The fourth-order valence-electron chi connectivity index (χ4n) is 8.36. The molecule has 0 amide bonds. The number of fused-ring (bicyclic) bond motifs is 5. The van der Waals surface area contributed by atoms with E-state index in [-0.39, 0.29) is 31.0 Å². The van der Waals surface area contributed by atoms with Gasteiger partial charge in [0.1, 0.15) is 0 Å². The van der Waals surface area contributed by atoms with Gasteiger partial charge in [0.15, 0.2) is 5.78 Å². The van der Waals surface area contributed by atoms with Crippen LogP contribution in [0.1, 0.15) is 79.1 Å². The molecule has 11 atom stereocenters. The molecule has 0 aromatic rings. The zero-order valence-corrected chi connectivity index (χ0v) is 21.4. The Bertz CT molecular complexity index is 882. The molecule has 200 valence electrons. The van der Waals surface area contributed by atoms with Crippen LogP contribution < -0.4 is 0 Å². The molecule has 3 saturated carbocycles. The van der Waals surface area contributed by atoms with Crippen LogP contribution in [0.15, 0.2) is 11.6 Å². The maximum atomic E-state index is 13.3. The van der Waals surface area contributed by atoms with Gasteiger partial charge >= 0.3 is 0 Å². The molecule has 4 aliphatic carbocycles. The zero-order valence-electron chi connectivity index (χ0n) is 21.4. The minimum absolute atomic E-state index is 0.0926. The van der Waals surface area contributed by atoms with E-state index in [1.807, 2.05) is 13.8 Å². The quantitative estimate of drug-likeness (QED) is 0.285. The Labute approximate surface area is 207 Å². The third-order valence-electron chi connectivity index (χ3n) is 10.8. The van der Waals surface area contributed by atoms with Gasteiger partial charge in [-0.25, -0.2) is 0 Å². The van der Waals surface area contributed by atoms with E-state index in [1.165, 1.54) is 6.92 Å². The van der Waals surface area contributed by atoms with Crippen LogP contribution >= 0.6 is 0 Å². The topological polar surface area (TPSA) is 159 Å². The summed E-state index contributed by atoms with van der Waals surface area (Å²) in [5.74, 6) is -1.08. The highest BCUT2D eigenvalue weighted by Crippen LogP contribution is 2.68. The Hall–Kier alpha value is -0.870. The molecule has 4 rings (SSSR count). The second-order valence-corrected chi connectivity index (χ2v) is 13.0. The van der Waals surface area contributed by atoms with E-state index in [0.717, 1.165) is 0 Å². The molecule has 0 radical (unpaired) electrons. The van der Waals surface area contributed by atoms with Gasteiger partial charge in [-0.15, -0.1) is 0 Å². The van der Waals surface area contributed by atoms with Crippen LogP contribution in [-0.4, -0.2) is 83.3 Å². The third kappa shape index (κ3) is 3.95. The van der Waals surface area contributed by atoms with Crippen molar-refractivity contribution in [2.45, 2.75) is 114 Å². The van der Waals surface area contributed by atoms with Gasteiger partial charge in [-0.1, -0.05) is 13.8 Å². The highest BCUT2D eigenvalue weighted by molar-refractivity contribution is 5.95. The first kappa shape index (κ1) is 27.2. The van der Waals surface area contributed by atoms with E-state index in [1.54, 1.807) is 13.0 Å². The van der Waals surface area contributed by atoms with Crippen molar-refractivity contribution in [2.24, 2.45) is 28.6 Å². The molecule has 8 heteroatoms. The Morgan fingerprint density at radius 1 is 1.09 bits per heavy atom. The van der Waals surface area contributed by atoms with Gasteiger partial charge in [0.2, 0.25) is 0 Å². The number of aliphatic hydroxyl groups is 7. The molecular formula is C27H44O8. The summed E-state index contributed by atoms with van der Waals surface area (Å²) < 4.78 is 0. The first-order valence-corrected chi connectivity index (χ1v) is 13.1. The lowest BCUT2D eigenvalue weighted by molar-refractivity contribution is -0.177. The molecule has 0 aliphatic heterocycles. The van der Waals surface area contributed by atoms with Crippen LogP contribution in [0.3, 0.4) is 0 Å². The van der Waals surface area contributed by atoms with Crippen LogP contribution in [0, 0.1) is 28.6 Å². The summed E-state index contributed by atoms with van der Waals surface area (Å²) in [7, 11) is 0. The van der Waals surface area contributed by atoms with Crippen molar-refractivity contribution in [1.29, 1.82) is 0 Å². The molecule has 4 aliphatic rings. The zero-order chi connectivity index (χ0) is 26.2. The Balaban J connectivity index is 1.64. The Kier molecular flexibility index (Phi) is 6.66. The average molecular weight is 497 g/mol. The normalized spacial score (nSPS) is 47.6. The molecule has 0 saturated heterocycles. The monoisotopic (exact) mass is 496 g/mol. The predicted molar refractivity (Wildman–Crippen MR) is 128 cm³/mol. The summed E-state index contributed by atoms with van der Waals surface area (Å²) in [6, 6.07) is 0. The first-order valence-electron chi connectivity index (χ1n) is 13.1. The number of hydrogen-bond acceptors (Lipinski definition) is 8. The van der Waals surface area contributed by atoms with Gasteiger partial charge in [-0.05, 0) is 94.1 Å². The third-order valence-corrected chi connectivity index (χ3v) is 10.8. The second kappa shape index (κ2) is 8.58. The summed E-state index contributed by atoms with van der Waals surface area (Å²) in [5, 5.41) is 74.9. The number of aliphatic hydroxyl groups excluding tert-OH is 4. The van der Waals surface area contributed by atoms with Crippen molar-refractivity contribution in [3.8, 4) is 0 Å². The predicted octanol–water partition coefficient (Wildman–Crippen LogP) is 0.826. The van der Waals surface area contributed by atoms with Gasteiger partial charge in [-0.2, -0.15) is 0 Å². The summed E-state index contributed by atoms with van der Waals surface area (Å²) in [5.41, 5.74) is -4.90. The number of allylic oxidation sites excluding steroid dienone is 1. The maximum Gasteiger partial charge on any atom is 0.159 e. The largest absolute Gasteiger partial charge is 0.393 e. The highest BCUT2D eigenvalue weighted by Gasteiger charge is 2.69. The summed E-state index contributed by atoms with van der Waals surface area (Å²) in [4.78, 5) is 13.3. The van der Waals surface area contributed by atoms with E-state index in [9.17, 15) is 40.5 Å². The SMILES string of the molecule is CC(O)(CO)CC[C@@H](O)[C@@](C)(O)C1CC[C@@]2(O)C3=CC(=O)[C@@H]4C[C@@H](O)[C@@H](O)C[C@]4(C)C3CC[C@]12C. The van der Waals surface area contributed by atoms with Crippen LogP contribution in [0.4, 0.5) is 0 Å². The summed E-state index contributed by atoms with van der Waals surface area (Å²) >= 11 is 0. The first-order chi connectivity index (χ1) is 16.0. The summed E-state index contributed by atoms with van der Waals surface area (Å²) in [6.07, 6.45) is 1.37. The molecule has 8 nitrogen and oxygen atoms in total. The van der Waals surface area contributed by atoms with Crippen molar-refractivity contribution in [1.82, 2.24) is 0 Å². The molecular weight excluding hydrogens is 452 g/mol. The number of ketones is 1.